The lowest BCUT2D eigenvalue weighted by molar-refractivity contribution is -0.0494. The van der Waals surface area contributed by atoms with Crippen molar-refractivity contribution in [2.45, 2.75) is 13.5 Å². The molecule has 0 aliphatic carbocycles. The van der Waals surface area contributed by atoms with Gasteiger partial charge >= 0.3 is 6.61 Å². The van der Waals surface area contributed by atoms with Crippen molar-refractivity contribution >= 4 is 33.3 Å². The number of hydrogen-bond acceptors (Lipinski definition) is 5. The monoisotopic (exact) mass is 418 g/mol. The summed E-state index contributed by atoms with van der Waals surface area (Å²) in [6.45, 7) is -1.30. The third kappa shape index (κ3) is 3.81. The summed E-state index contributed by atoms with van der Waals surface area (Å²) in [6, 6.07) is 10.2. The van der Waals surface area contributed by atoms with Gasteiger partial charge in [-0.1, -0.05) is 12.1 Å². The van der Waals surface area contributed by atoms with Gasteiger partial charge < -0.3 is 9.15 Å². The van der Waals surface area contributed by atoms with Crippen LogP contribution in [-0.4, -0.2) is 17.5 Å². The van der Waals surface area contributed by atoms with Gasteiger partial charge in [-0.05, 0) is 37.3 Å². The number of para-hydroxylation sites is 1. The van der Waals surface area contributed by atoms with Crippen LogP contribution in [-0.2, 0) is 0 Å². The number of aromatic nitrogens is 1. The number of furan rings is 1. The molecule has 2 heterocycles. The Morgan fingerprint density at radius 2 is 2.03 bits per heavy atom. The van der Waals surface area contributed by atoms with Crippen molar-refractivity contribution in [2.75, 3.05) is 5.32 Å². The van der Waals surface area contributed by atoms with Gasteiger partial charge in [0, 0.05) is 21.9 Å². The van der Waals surface area contributed by atoms with E-state index in [1.807, 2.05) is 0 Å². The number of nitrogens with one attached hydrogen (secondary N) is 1. The zero-order valence-corrected chi connectivity index (χ0v) is 15.7. The van der Waals surface area contributed by atoms with Crippen molar-refractivity contribution in [2.24, 2.45) is 0 Å². The lowest BCUT2D eigenvalue weighted by atomic mass is 10.1. The van der Waals surface area contributed by atoms with Crippen molar-refractivity contribution < 1.29 is 27.1 Å². The summed E-state index contributed by atoms with van der Waals surface area (Å²) in [5.41, 5.74) is 1.65. The first-order valence-corrected chi connectivity index (χ1v) is 9.30. The predicted molar refractivity (Wildman–Crippen MR) is 103 cm³/mol. The Morgan fingerprint density at radius 1 is 1.24 bits per heavy atom. The van der Waals surface area contributed by atoms with E-state index in [9.17, 15) is 18.0 Å². The van der Waals surface area contributed by atoms with Crippen molar-refractivity contribution in [3.8, 4) is 17.0 Å². The van der Waals surface area contributed by atoms with E-state index in [1.54, 1.807) is 30.5 Å². The van der Waals surface area contributed by atoms with Crippen LogP contribution in [0.1, 0.15) is 16.1 Å². The number of amides is 1. The first-order valence-electron chi connectivity index (χ1n) is 8.42. The van der Waals surface area contributed by atoms with Gasteiger partial charge in [-0.3, -0.25) is 10.1 Å². The minimum Gasteiger partial charge on any atom is -0.451 e. The quantitative estimate of drug-likeness (QED) is 0.441. The van der Waals surface area contributed by atoms with Gasteiger partial charge in [0.25, 0.3) is 5.91 Å². The first-order chi connectivity index (χ1) is 13.9. The zero-order chi connectivity index (χ0) is 20.5. The molecular formula is C20H13F3N2O3S. The van der Waals surface area contributed by atoms with E-state index in [1.165, 1.54) is 24.3 Å². The molecule has 148 valence electrons. The summed E-state index contributed by atoms with van der Waals surface area (Å²) in [7, 11) is 0. The van der Waals surface area contributed by atoms with E-state index in [4.69, 9.17) is 4.42 Å². The van der Waals surface area contributed by atoms with Crippen molar-refractivity contribution in [3.63, 3.8) is 0 Å². The van der Waals surface area contributed by atoms with Crippen LogP contribution >= 0.6 is 11.3 Å². The third-order valence-corrected chi connectivity index (χ3v) is 4.97. The van der Waals surface area contributed by atoms with Gasteiger partial charge in [-0.2, -0.15) is 8.78 Å². The molecule has 4 rings (SSSR count). The number of alkyl halides is 2. The molecule has 0 aliphatic rings. The summed E-state index contributed by atoms with van der Waals surface area (Å²) in [5.74, 6) is -0.940. The number of anilines is 1. The van der Waals surface area contributed by atoms with E-state index < -0.39 is 18.3 Å². The number of benzene rings is 2. The van der Waals surface area contributed by atoms with Gasteiger partial charge in [-0.25, -0.2) is 9.37 Å². The Balaban J connectivity index is 1.59. The molecule has 2 aromatic heterocycles. The van der Waals surface area contributed by atoms with Crippen LogP contribution in [0.15, 0.2) is 52.3 Å². The Bertz CT molecular complexity index is 1200. The topological polar surface area (TPSA) is 64.4 Å². The molecule has 0 atom stereocenters. The van der Waals surface area contributed by atoms with Gasteiger partial charge in [0.2, 0.25) is 0 Å². The lowest BCUT2D eigenvalue weighted by Gasteiger charge is -2.08. The van der Waals surface area contributed by atoms with Crippen molar-refractivity contribution in [1.82, 2.24) is 4.98 Å². The number of hydrogen-bond donors (Lipinski definition) is 1. The fraction of sp³-hybridized carbons (Fsp3) is 0.100. The lowest BCUT2D eigenvalue weighted by Crippen LogP contribution is -2.11. The van der Waals surface area contributed by atoms with E-state index in [-0.39, 0.29) is 16.6 Å². The Morgan fingerprint density at radius 3 is 2.83 bits per heavy atom. The number of halogens is 3. The second kappa shape index (κ2) is 7.59. The van der Waals surface area contributed by atoms with Crippen LogP contribution in [0.2, 0.25) is 0 Å². The van der Waals surface area contributed by atoms with E-state index in [2.05, 4.69) is 15.0 Å². The SMILES string of the molecule is Cc1c(C(=O)Nc2nc(-c3ccccc3OC(F)F)cs2)oc2ccc(F)cc12. The standard InChI is InChI=1S/C20H13F3N2O3S/c1-10-13-8-11(21)6-7-16(13)27-17(10)18(26)25-20-24-14(9-29-20)12-4-2-3-5-15(12)28-19(22)23/h2-9,19H,1H3,(H,24,25,26). The van der Waals surface area contributed by atoms with E-state index >= 15 is 0 Å². The summed E-state index contributed by atoms with van der Waals surface area (Å²) in [5, 5.41) is 4.99. The molecule has 0 radical (unpaired) electrons. The minimum absolute atomic E-state index is 0.0131. The molecule has 9 heteroatoms. The molecule has 29 heavy (non-hydrogen) atoms. The Hall–Kier alpha value is -3.33. The number of fused-ring (bicyclic) bond motifs is 1. The molecule has 0 saturated carbocycles. The molecule has 1 amide bonds. The highest BCUT2D eigenvalue weighted by molar-refractivity contribution is 7.14. The van der Waals surface area contributed by atoms with Gasteiger partial charge in [-0.15, -0.1) is 11.3 Å². The molecule has 2 aromatic carbocycles. The number of rotatable bonds is 5. The molecule has 0 aliphatic heterocycles. The van der Waals surface area contributed by atoms with Crippen molar-refractivity contribution in [1.29, 1.82) is 0 Å². The van der Waals surface area contributed by atoms with Crippen LogP contribution in [0.5, 0.6) is 5.75 Å². The molecular weight excluding hydrogens is 405 g/mol. The fourth-order valence-corrected chi connectivity index (χ4v) is 3.60. The molecule has 0 fully saturated rings. The number of carbonyl (C=O) groups excluding carboxylic acids is 1. The van der Waals surface area contributed by atoms with Gasteiger partial charge in [0.1, 0.15) is 17.1 Å². The van der Waals surface area contributed by atoms with E-state index in [0.29, 0.717) is 27.8 Å². The smallest absolute Gasteiger partial charge is 0.387 e. The Labute approximate surface area is 166 Å². The maximum Gasteiger partial charge on any atom is 0.387 e. The van der Waals surface area contributed by atoms with Crippen LogP contribution in [0.4, 0.5) is 18.3 Å². The molecule has 0 saturated heterocycles. The van der Waals surface area contributed by atoms with Gasteiger partial charge in [0.05, 0.1) is 5.69 Å². The second-order valence-corrected chi connectivity index (χ2v) is 6.92. The maximum atomic E-state index is 13.4. The Kier molecular flexibility index (Phi) is 4.98. The first kappa shape index (κ1) is 19.0. The molecule has 0 unspecified atom stereocenters. The largest absolute Gasteiger partial charge is 0.451 e. The molecule has 0 spiro atoms. The maximum absolute atomic E-state index is 13.4. The van der Waals surface area contributed by atoms with E-state index in [0.717, 1.165) is 11.3 Å². The van der Waals surface area contributed by atoms with Crippen LogP contribution in [0, 0.1) is 12.7 Å². The van der Waals surface area contributed by atoms with Gasteiger partial charge in [0.15, 0.2) is 10.9 Å². The molecule has 0 bridgehead atoms. The predicted octanol–water partition coefficient (Wildman–Crippen LogP) is 5.86. The molecule has 4 aromatic rings. The average molecular weight is 418 g/mol. The van der Waals surface area contributed by atoms with Crippen molar-refractivity contribution in [3.05, 3.63) is 65.0 Å². The highest BCUT2D eigenvalue weighted by atomic mass is 32.1. The second-order valence-electron chi connectivity index (χ2n) is 6.06. The number of thiazole rings is 1. The number of carbonyl (C=O) groups is 1. The minimum atomic E-state index is -2.96. The number of ether oxygens (including phenoxy) is 1. The normalized spacial score (nSPS) is 11.2. The number of nitrogens with zero attached hydrogens (tertiary/aromatic N) is 1. The fourth-order valence-electron chi connectivity index (χ4n) is 2.90. The summed E-state index contributed by atoms with van der Waals surface area (Å²) < 4.78 is 48.7. The molecule has 1 N–H and O–H groups in total. The number of aryl methyl sites for hydroxylation is 1. The summed E-state index contributed by atoms with van der Waals surface area (Å²) in [6.07, 6.45) is 0. The summed E-state index contributed by atoms with van der Waals surface area (Å²) in [4.78, 5) is 16.9. The highest BCUT2D eigenvalue weighted by Gasteiger charge is 2.20. The van der Waals surface area contributed by atoms with Crippen LogP contribution in [0.3, 0.4) is 0 Å². The van der Waals surface area contributed by atoms with Crippen LogP contribution < -0.4 is 10.1 Å². The highest BCUT2D eigenvalue weighted by Crippen LogP contribution is 2.33. The average Bonchev–Trinajstić information content (AvgIpc) is 3.27. The summed E-state index contributed by atoms with van der Waals surface area (Å²) >= 11 is 1.12. The third-order valence-electron chi connectivity index (χ3n) is 4.21. The van der Waals surface area contributed by atoms with Crippen LogP contribution in [0.25, 0.3) is 22.2 Å². The zero-order valence-electron chi connectivity index (χ0n) is 14.9. The molecule has 5 nitrogen and oxygen atoms in total.